The highest BCUT2D eigenvalue weighted by Crippen LogP contribution is 2.50. The lowest BCUT2D eigenvalue weighted by atomic mass is 9.98. The van der Waals surface area contributed by atoms with Gasteiger partial charge in [-0.1, -0.05) is 49.8 Å². The lowest BCUT2D eigenvalue weighted by Crippen LogP contribution is -2.42. The van der Waals surface area contributed by atoms with Gasteiger partial charge in [-0.2, -0.15) is 0 Å². The predicted molar refractivity (Wildman–Crippen MR) is 106 cm³/mol. The Morgan fingerprint density at radius 1 is 1.29 bits per heavy atom. The fourth-order valence-electron chi connectivity index (χ4n) is 3.33. The zero-order chi connectivity index (χ0) is 20.3. The molecule has 0 spiro atoms. The van der Waals surface area contributed by atoms with E-state index in [-0.39, 0.29) is 11.6 Å². The lowest BCUT2D eigenvalue weighted by Gasteiger charge is -2.33. The second-order valence-electron chi connectivity index (χ2n) is 7.90. The Labute approximate surface area is 154 Å². The van der Waals surface area contributed by atoms with Gasteiger partial charge in [0.25, 0.3) is 0 Å². The standard InChI is InChI=1S/C20H29N3S/c1-12(2)22-15(5)23(16-10-9-13(3)11-14(16)4)17-18(22)24-19(21-17)20(6,7)8/h9-12,15H,1-8H3/t15-/m0/s1/i3D3. The van der Waals surface area contributed by atoms with Gasteiger partial charge in [-0.3, -0.25) is 0 Å². The van der Waals surface area contributed by atoms with Gasteiger partial charge in [0.05, 0.1) is 0 Å². The van der Waals surface area contributed by atoms with E-state index in [1.807, 2.05) is 13.0 Å². The van der Waals surface area contributed by atoms with Gasteiger partial charge in [0.2, 0.25) is 0 Å². The molecule has 0 N–H and O–H groups in total. The normalized spacial score (nSPS) is 20.2. The smallest absolute Gasteiger partial charge is 0.170 e. The van der Waals surface area contributed by atoms with Crippen molar-refractivity contribution >= 4 is 27.8 Å². The number of rotatable bonds is 2. The summed E-state index contributed by atoms with van der Waals surface area (Å²) in [5, 5.41) is 2.31. The molecule has 0 saturated carbocycles. The molecule has 0 aliphatic carbocycles. The van der Waals surface area contributed by atoms with Gasteiger partial charge in [-0.15, -0.1) is 0 Å². The topological polar surface area (TPSA) is 19.4 Å². The van der Waals surface area contributed by atoms with Crippen molar-refractivity contribution in [1.29, 1.82) is 0 Å². The third-order valence-electron chi connectivity index (χ3n) is 4.49. The number of hydrogen-bond donors (Lipinski definition) is 0. The van der Waals surface area contributed by atoms with E-state index in [1.54, 1.807) is 23.5 Å². The maximum atomic E-state index is 7.67. The number of aryl methyl sites for hydroxylation is 2. The molecule has 1 aliphatic rings. The first-order valence-electron chi connectivity index (χ1n) is 10.0. The number of benzene rings is 1. The lowest BCUT2D eigenvalue weighted by molar-refractivity contribution is 0.580. The maximum Gasteiger partial charge on any atom is 0.170 e. The van der Waals surface area contributed by atoms with Crippen LogP contribution in [0, 0.1) is 13.8 Å². The van der Waals surface area contributed by atoms with E-state index in [2.05, 4.69) is 51.3 Å². The van der Waals surface area contributed by atoms with Crippen LogP contribution in [0.25, 0.3) is 0 Å². The summed E-state index contributed by atoms with van der Waals surface area (Å²) in [4.78, 5) is 9.66. The summed E-state index contributed by atoms with van der Waals surface area (Å²) in [6.45, 7) is 13.0. The van der Waals surface area contributed by atoms with Crippen LogP contribution in [0.4, 0.5) is 16.5 Å². The average molecular weight is 347 g/mol. The Kier molecular flexibility index (Phi) is 3.29. The maximum absolute atomic E-state index is 7.67. The van der Waals surface area contributed by atoms with Crippen molar-refractivity contribution in [3.05, 3.63) is 34.3 Å². The summed E-state index contributed by atoms with van der Waals surface area (Å²) in [7, 11) is 0. The minimum absolute atomic E-state index is 0.00722. The zero-order valence-corrected chi connectivity index (χ0v) is 16.5. The first kappa shape index (κ1) is 13.7. The van der Waals surface area contributed by atoms with E-state index >= 15 is 0 Å². The quantitative estimate of drug-likeness (QED) is 0.688. The minimum Gasteiger partial charge on any atom is -0.337 e. The molecule has 0 bridgehead atoms. The number of fused-ring (bicyclic) bond motifs is 1. The molecule has 1 aliphatic heterocycles. The van der Waals surface area contributed by atoms with Crippen molar-refractivity contribution < 1.29 is 4.11 Å². The third kappa shape index (κ3) is 2.71. The predicted octanol–water partition coefficient (Wildman–Crippen LogP) is 5.77. The molecule has 24 heavy (non-hydrogen) atoms. The molecular formula is C20H29N3S. The van der Waals surface area contributed by atoms with E-state index in [0.29, 0.717) is 11.6 Å². The van der Waals surface area contributed by atoms with Gasteiger partial charge in [-0.05, 0) is 46.2 Å². The Bertz CT molecular complexity index is 849. The highest BCUT2D eigenvalue weighted by Gasteiger charge is 2.40. The highest BCUT2D eigenvalue weighted by molar-refractivity contribution is 7.16. The van der Waals surface area contributed by atoms with Crippen LogP contribution in [-0.4, -0.2) is 17.2 Å². The monoisotopic (exact) mass is 346 g/mol. The second kappa shape index (κ2) is 5.76. The van der Waals surface area contributed by atoms with Gasteiger partial charge in [0, 0.05) is 21.3 Å². The summed E-state index contributed by atoms with van der Waals surface area (Å²) in [5.74, 6) is 0.982. The zero-order valence-electron chi connectivity index (χ0n) is 18.6. The van der Waals surface area contributed by atoms with Crippen LogP contribution in [0.3, 0.4) is 0 Å². The summed E-state index contributed by atoms with van der Waals surface area (Å²) in [6, 6.07) is 5.77. The van der Waals surface area contributed by atoms with Crippen LogP contribution >= 0.6 is 11.3 Å². The van der Waals surface area contributed by atoms with Crippen LogP contribution in [0.1, 0.15) is 61.8 Å². The van der Waals surface area contributed by atoms with Crippen LogP contribution in [0.2, 0.25) is 0 Å². The first-order valence-corrected chi connectivity index (χ1v) is 9.34. The summed E-state index contributed by atoms with van der Waals surface area (Å²) < 4.78 is 23.0. The fraction of sp³-hybridized carbons (Fsp3) is 0.550. The van der Waals surface area contributed by atoms with E-state index in [0.717, 1.165) is 22.1 Å². The summed E-state index contributed by atoms with van der Waals surface area (Å²) in [5.41, 5.74) is 2.35. The number of thiazole rings is 1. The molecule has 2 aromatic rings. The fourth-order valence-corrected chi connectivity index (χ4v) is 4.65. The molecule has 0 unspecified atom stereocenters. The average Bonchev–Trinajstić information content (AvgIpc) is 3.02. The SMILES string of the molecule is [2H]C([2H])([2H])c1ccc(N2c3nc(C(C)(C)C)sc3N(C(C)C)[C@@H]2C)c(C)c1. The van der Waals surface area contributed by atoms with Crippen LogP contribution < -0.4 is 9.80 Å². The molecular weight excluding hydrogens is 314 g/mol. The second-order valence-corrected chi connectivity index (χ2v) is 8.88. The number of hydrogen-bond acceptors (Lipinski definition) is 4. The molecule has 3 nitrogen and oxygen atoms in total. The summed E-state index contributed by atoms with van der Waals surface area (Å²) >= 11 is 1.76. The molecule has 0 radical (unpaired) electrons. The number of nitrogens with zero attached hydrogens (tertiary/aromatic N) is 3. The van der Waals surface area contributed by atoms with Crippen molar-refractivity contribution in [3.8, 4) is 0 Å². The highest BCUT2D eigenvalue weighted by atomic mass is 32.1. The number of anilines is 3. The van der Waals surface area contributed by atoms with Gasteiger partial charge < -0.3 is 9.80 Å². The van der Waals surface area contributed by atoms with Gasteiger partial charge in [0.1, 0.15) is 16.2 Å². The van der Waals surface area contributed by atoms with E-state index in [1.165, 1.54) is 5.00 Å². The van der Waals surface area contributed by atoms with Crippen molar-refractivity contribution in [3.63, 3.8) is 0 Å². The molecule has 130 valence electrons. The Balaban J connectivity index is 2.13. The van der Waals surface area contributed by atoms with Gasteiger partial charge in [0.15, 0.2) is 5.82 Å². The summed E-state index contributed by atoms with van der Waals surface area (Å²) in [6.07, 6.45) is 0.130. The van der Waals surface area contributed by atoms with Crippen LogP contribution in [-0.2, 0) is 5.41 Å². The molecule has 2 heterocycles. The largest absolute Gasteiger partial charge is 0.337 e. The van der Waals surface area contributed by atoms with Crippen LogP contribution in [0.15, 0.2) is 18.2 Å². The third-order valence-corrected chi connectivity index (χ3v) is 5.97. The molecule has 4 heteroatoms. The van der Waals surface area contributed by atoms with Gasteiger partial charge >= 0.3 is 0 Å². The Hall–Kier alpha value is -1.55. The van der Waals surface area contributed by atoms with E-state index < -0.39 is 6.85 Å². The Morgan fingerprint density at radius 3 is 2.54 bits per heavy atom. The van der Waals surface area contributed by atoms with Crippen molar-refractivity contribution in [2.75, 3.05) is 9.80 Å². The molecule has 1 aromatic carbocycles. The molecule has 0 saturated heterocycles. The molecule has 0 amide bonds. The molecule has 1 atom stereocenters. The van der Waals surface area contributed by atoms with E-state index in [4.69, 9.17) is 9.10 Å². The van der Waals surface area contributed by atoms with Gasteiger partial charge in [-0.25, -0.2) is 4.98 Å². The van der Waals surface area contributed by atoms with Crippen molar-refractivity contribution in [2.45, 2.75) is 72.9 Å². The first-order chi connectivity index (χ1) is 12.3. The van der Waals surface area contributed by atoms with Crippen molar-refractivity contribution in [1.82, 2.24) is 4.98 Å². The number of aromatic nitrogens is 1. The molecule has 1 aromatic heterocycles. The molecule has 3 rings (SSSR count). The Morgan fingerprint density at radius 2 is 2.00 bits per heavy atom. The van der Waals surface area contributed by atoms with Crippen molar-refractivity contribution in [2.24, 2.45) is 0 Å². The van der Waals surface area contributed by atoms with Crippen LogP contribution in [0.5, 0.6) is 0 Å². The molecule has 0 fully saturated rings. The van der Waals surface area contributed by atoms with E-state index in [9.17, 15) is 0 Å². The minimum atomic E-state index is -2.09.